The minimum absolute atomic E-state index is 0.143. The van der Waals surface area contributed by atoms with E-state index in [4.69, 9.17) is 0 Å². The normalized spacial score (nSPS) is 19.0. The summed E-state index contributed by atoms with van der Waals surface area (Å²) in [6, 6.07) is 18.9. The van der Waals surface area contributed by atoms with Gasteiger partial charge in [-0.3, -0.25) is 9.69 Å². The quantitative estimate of drug-likeness (QED) is 0.706. The van der Waals surface area contributed by atoms with Crippen LogP contribution in [0.3, 0.4) is 0 Å². The molecule has 1 aromatic heterocycles. The first-order chi connectivity index (χ1) is 14.3. The van der Waals surface area contributed by atoms with Gasteiger partial charge in [-0.25, -0.2) is 4.68 Å². The first kappa shape index (κ1) is 18.1. The molecule has 1 aliphatic carbocycles. The van der Waals surface area contributed by atoms with E-state index >= 15 is 0 Å². The Balaban J connectivity index is 1.38. The standard InChI is InChI=1S/C23H25N5O/c29-23(25-20-10-11-20)22-12-18-8-4-5-9-19(18)15-27(22)16-21-13-24-26-28(21)14-17-6-2-1-3-7-17/h1-9,13,20,22H,10-12,14-16H2,(H,25,29)/t22-/m0/s1. The lowest BCUT2D eigenvalue weighted by molar-refractivity contribution is -0.127. The molecule has 2 heterocycles. The summed E-state index contributed by atoms with van der Waals surface area (Å²) in [7, 11) is 0. The van der Waals surface area contributed by atoms with Crippen molar-refractivity contribution >= 4 is 5.91 Å². The van der Waals surface area contributed by atoms with Crippen molar-refractivity contribution in [3.8, 4) is 0 Å². The molecule has 6 heteroatoms. The summed E-state index contributed by atoms with van der Waals surface area (Å²) in [5.41, 5.74) is 4.78. The van der Waals surface area contributed by atoms with Crippen molar-refractivity contribution < 1.29 is 4.79 Å². The number of fused-ring (bicyclic) bond motifs is 1. The van der Waals surface area contributed by atoms with Gasteiger partial charge >= 0.3 is 0 Å². The average Bonchev–Trinajstić information content (AvgIpc) is 3.46. The number of carbonyl (C=O) groups is 1. The second-order valence-electron chi connectivity index (χ2n) is 8.05. The molecule has 29 heavy (non-hydrogen) atoms. The van der Waals surface area contributed by atoms with Crippen LogP contribution in [0.4, 0.5) is 0 Å². The molecule has 3 aromatic rings. The molecule has 1 saturated carbocycles. The van der Waals surface area contributed by atoms with Crippen molar-refractivity contribution in [1.29, 1.82) is 0 Å². The van der Waals surface area contributed by atoms with Crippen LogP contribution in [0.2, 0.25) is 0 Å². The van der Waals surface area contributed by atoms with Gasteiger partial charge in [0.05, 0.1) is 24.5 Å². The highest BCUT2D eigenvalue weighted by atomic mass is 16.2. The molecule has 0 saturated heterocycles. The Morgan fingerprint density at radius 2 is 1.76 bits per heavy atom. The van der Waals surface area contributed by atoms with Crippen LogP contribution in [-0.2, 0) is 30.8 Å². The lowest BCUT2D eigenvalue weighted by Crippen LogP contribution is -2.50. The van der Waals surface area contributed by atoms with Crippen LogP contribution in [0.25, 0.3) is 0 Å². The molecule has 1 amide bonds. The first-order valence-electron chi connectivity index (χ1n) is 10.3. The molecule has 6 nitrogen and oxygen atoms in total. The van der Waals surface area contributed by atoms with Crippen LogP contribution < -0.4 is 5.32 Å². The third-order valence-electron chi connectivity index (χ3n) is 5.81. The Morgan fingerprint density at radius 1 is 1.00 bits per heavy atom. The molecule has 0 unspecified atom stereocenters. The highest BCUT2D eigenvalue weighted by Crippen LogP contribution is 2.26. The first-order valence-corrected chi connectivity index (χ1v) is 10.3. The fourth-order valence-electron chi connectivity index (χ4n) is 4.03. The number of benzene rings is 2. The minimum atomic E-state index is -0.162. The van der Waals surface area contributed by atoms with E-state index in [0.29, 0.717) is 19.1 Å². The fourth-order valence-corrected chi connectivity index (χ4v) is 4.03. The molecule has 1 aliphatic heterocycles. The second-order valence-corrected chi connectivity index (χ2v) is 8.05. The summed E-state index contributed by atoms with van der Waals surface area (Å²) >= 11 is 0. The van der Waals surface area contributed by atoms with Gasteiger partial charge < -0.3 is 5.32 Å². The van der Waals surface area contributed by atoms with Crippen molar-refractivity contribution in [2.45, 2.75) is 51.0 Å². The van der Waals surface area contributed by atoms with E-state index in [1.165, 1.54) is 16.7 Å². The van der Waals surface area contributed by atoms with Crippen molar-refractivity contribution in [3.05, 3.63) is 83.2 Å². The largest absolute Gasteiger partial charge is 0.352 e. The van der Waals surface area contributed by atoms with E-state index in [1.54, 1.807) is 0 Å². The van der Waals surface area contributed by atoms with Crippen LogP contribution >= 0.6 is 0 Å². The Labute approximate surface area is 170 Å². The maximum absolute atomic E-state index is 13.0. The van der Waals surface area contributed by atoms with Crippen LogP contribution in [0.5, 0.6) is 0 Å². The van der Waals surface area contributed by atoms with Crippen LogP contribution in [-0.4, -0.2) is 37.9 Å². The van der Waals surface area contributed by atoms with E-state index < -0.39 is 0 Å². The molecule has 2 aliphatic rings. The predicted molar refractivity (Wildman–Crippen MR) is 110 cm³/mol. The number of carbonyl (C=O) groups excluding carboxylic acids is 1. The van der Waals surface area contributed by atoms with Crippen molar-refractivity contribution in [2.75, 3.05) is 0 Å². The van der Waals surface area contributed by atoms with Crippen molar-refractivity contribution in [3.63, 3.8) is 0 Å². The number of rotatable bonds is 6. The number of hydrogen-bond donors (Lipinski definition) is 1. The van der Waals surface area contributed by atoms with Gasteiger partial charge in [0.15, 0.2) is 0 Å². The Bertz CT molecular complexity index is 995. The molecular weight excluding hydrogens is 362 g/mol. The number of hydrogen-bond acceptors (Lipinski definition) is 4. The topological polar surface area (TPSA) is 63.1 Å². The van der Waals surface area contributed by atoms with Gasteiger partial charge in [-0.2, -0.15) is 0 Å². The minimum Gasteiger partial charge on any atom is -0.352 e. The molecule has 2 aromatic carbocycles. The summed E-state index contributed by atoms with van der Waals surface area (Å²) in [5, 5.41) is 11.6. The average molecular weight is 387 g/mol. The summed E-state index contributed by atoms with van der Waals surface area (Å²) < 4.78 is 1.94. The third kappa shape index (κ3) is 4.07. The zero-order chi connectivity index (χ0) is 19.6. The van der Waals surface area contributed by atoms with Gasteiger partial charge in [0.1, 0.15) is 0 Å². The Hall–Kier alpha value is -2.99. The van der Waals surface area contributed by atoms with Gasteiger partial charge in [-0.1, -0.05) is 59.8 Å². The number of aromatic nitrogens is 3. The van der Waals surface area contributed by atoms with Crippen LogP contribution in [0.1, 0.15) is 35.2 Å². The second kappa shape index (κ2) is 7.79. The molecule has 148 valence electrons. The number of nitrogens with zero attached hydrogens (tertiary/aromatic N) is 4. The van der Waals surface area contributed by atoms with E-state index in [2.05, 4.69) is 56.9 Å². The lowest BCUT2D eigenvalue weighted by atomic mass is 9.93. The zero-order valence-electron chi connectivity index (χ0n) is 16.4. The van der Waals surface area contributed by atoms with Gasteiger partial charge in [0.25, 0.3) is 0 Å². The van der Waals surface area contributed by atoms with Gasteiger partial charge in [0, 0.05) is 19.1 Å². The highest BCUT2D eigenvalue weighted by molar-refractivity contribution is 5.83. The van der Waals surface area contributed by atoms with Crippen molar-refractivity contribution in [2.24, 2.45) is 0 Å². The SMILES string of the molecule is O=C(NC1CC1)[C@@H]1Cc2ccccc2CN1Cc1cnnn1Cc1ccccc1. The number of nitrogens with one attached hydrogen (secondary N) is 1. The highest BCUT2D eigenvalue weighted by Gasteiger charge is 2.34. The summed E-state index contributed by atoms with van der Waals surface area (Å²) in [4.78, 5) is 15.2. The summed E-state index contributed by atoms with van der Waals surface area (Å²) in [6.45, 7) is 2.09. The molecule has 1 fully saturated rings. The smallest absolute Gasteiger partial charge is 0.237 e. The molecular formula is C23H25N5O. The van der Waals surface area contributed by atoms with E-state index in [1.807, 2.05) is 29.1 Å². The van der Waals surface area contributed by atoms with Crippen LogP contribution in [0.15, 0.2) is 60.8 Å². The molecule has 0 radical (unpaired) electrons. The van der Waals surface area contributed by atoms with Gasteiger partial charge in [0.2, 0.25) is 5.91 Å². The van der Waals surface area contributed by atoms with Gasteiger partial charge in [-0.15, -0.1) is 5.10 Å². The summed E-state index contributed by atoms with van der Waals surface area (Å²) in [6.07, 6.45) is 4.76. The summed E-state index contributed by atoms with van der Waals surface area (Å²) in [5.74, 6) is 0.143. The van der Waals surface area contributed by atoms with Crippen LogP contribution in [0, 0.1) is 0 Å². The molecule has 1 atom stereocenters. The lowest BCUT2D eigenvalue weighted by Gasteiger charge is -2.36. The maximum atomic E-state index is 13.0. The van der Waals surface area contributed by atoms with E-state index in [9.17, 15) is 4.79 Å². The Morgan fingerprint density at radius 3 is 2.55 bits per heavy atom. The fraction of sp³-hybridized carbons (Fsp3) is 0.348. The zero-order valence-corrected chi connectivity index (χ0v) is 16.4. The van der Waals surface area contributed by atoms with Crippen molar-refractivity contribution in [1.82, 2.24) is 25.2 Å². The molecule has 0 spiro atoms. The number of amides is 1. The Kier molecular flexibility index (Phi) is 4.86. The van der Waals surface area contributed by atoms with E-state index in [-0.39, 0.29) is 11.9 Å². The predicted octanol–water partition coefficient (Wildman–Crippen LogP) is 2.53. The van der Waals surface area contributed by atoms with E-state index in [0.717, 1.165) is 31.5 Å². The molecule has 1 N–H and O–H groups in total. The van der Waals surface area contributed by atoms with Gasteiger partial charge in [-0.05, 0) is 36.0 Å². The third-order valence-corrected chi connectivity index (χ3v) is 5.81. The molecule has 0 bridgehead atoms. The monoisotopic (exact) mass is 387 g/mol. The molecule has 5 rings (SSSR count). The maximum Gasteiger partial charge on any atom is 0.237 e.